The Labute approximate surface area is 102 Å². The van der Waals surface area contributed by atoms with Crippen LogP contribution in [0.5, 0.6) is 0 Å². The van der Waals surface area contributed by atoms with Crippen LogP contribution in [0.2, 0.25) is 5.02 Å². The monoisotopic (exact) mass is 291 g/mol. The second-order valence-electron chi connectivity index (χ2n) is 3.80. The van der Waals surface area contributed by atoms with E-state index < -0.39 is 0 Å². The number of hydrogen-bond donors (Lipinski definition) is 1. The summed E-state index contributed by atoms with van der Waals surface area (Å²) in [5.41, 5.74) is 0.975. The molecule has 1 fully saturated rings. The smallest absolute Gasteiger partial charge is 0.143 e. The first-order valence-electron chi connectivity index (χ1n) is 5.06. The zero-order chi connectivity index (χ0) is 10.8. The molecule has 0 saturated carbocycles. The molecule has 2 rings (SSSR count). The van der Waals surface area contributed by atoms with E-state index in [1.165, 1.54) is 18.9 Å². The Morgan fingerprint density at radius 1 is 1.40 bits per heavy atom. The topological polar surface area (TPSA) is 12.0 Å². The van der Waals surface area contributed by atoms with Crippen molar-refractivity contribution in [3.63, 3.8) is 0 Å². The molecule has 4 heteroatoms. The Balaban J connectivity index is 2.27. The Morgan fingerprint density at radius 2 is 2.20 bits per heavy atom. The van der Waals surface area contributed by atoms with Gasteiger partial charge in [0.2, 0.25) is 0 Å². The molecular formula is C11H12BrClFN. The van der Waals surface area contributed by atoms with E-state index in [1.807, 2.05) is 6.07 Å². The highest BCUT2D eigenvalue weighted by Crippen LogP contribution is 2.31. The molecule has 15 heavy (non-hydrogen) atoms. The Hall–Kier alpha value is -0.120. The molecule has 1 aliphatic heterocycles. The molecule has 0 radical (unpaired) electrons. The van der Waals surface area contributed by atoms with Gasteiger partial charge in [-0.3, -0.25) is 0 Å². The zero-order valence-electron chi connectivity index (χ0n) is 8.19. The van der Waals surface area contributed by atoms with Gasteiger partial charge in [0.05, 0.1) is 5.02 Å². The van der Waals surface area contributed by atoms with Gasteiger partial charge in [0.15, 0.2) is 0 Å². The van der Waals surface area contributed by atoms with Crippen LogP contribution >= 0.6 is 27.5 Å². The minimum absolute atomic E-state index is 0.162. The summed E-state index contributed by atoms with van der Waals surface area (Å²) in [6.45, 7) is 1.01. The predicted octanol–water partition coefficient (Wildman–Crippen LogP) is 4.06. The van der Waals surface area contributed by atoms with Gasteiger partial charge in [-0.1, -0.05) is 18.0 Å². The molecule has 1 aromatic carbocycles. The van der Waals surface area contributed by atoms with Gasteiger partial charge >= 0.3 is 0 Å². The maximum Gasteiger partial charge on any atom is 0.143 e. The standard InChI is InChI=1S/C11H12BrClFN/c12-8-5-7(6-9(14)11(8)13)10-3-1-2-4-15-10/h5-6,10,15H,1-4H2. The number of piperidine rings is 1. The van der Waals surface area contributed by atoms with E-state index in [0.29, 0.717) is 4.47 Å². The molecule has 1 heterocycles. The van der Waals surface area contributed by atoms with Crippen molar-refractivity contribution in [1.82, 2.24) is 5.32 Å². The molecular weight excluding hydrogens is 280 g/mol. The van der Waals surface area contributed by atoms with Crippen LogP contribution < -0.4 is 5.32 Å². The summed E-state index contributed by atoms with van der Waals surface area (Å²) in [5, 5.41) is 3.54. The van der Waals surface area contributed by atoms with Crippen LogP contribution in [0.1, 0.15) is 30.9 Å². The van der Waals surface area contributed by atoms with E-state index in [1.54, 1.807) is 0 Å². The molecule has 0 amide bonds. The summed E-state index contributed by atoms with van der Waals surface area (Å²) in [6.07, 6.45) is 3.46. The fraction of sp³-hybridized carbons (Fsp3) is 0.455. The SMILES string of the molecule is Fc1cc(C2CCCCN2)cc(Br)c1Cl. The molecule has 0 spiro atoms. The molecule has 0 bridgehead atoms. The molecule has 1 N–H and O–H groups in total. The van der Waals surface area contributed by atoms with Gasteiger partial charge in [0.25, 0.3) is 0 Å². The lowest BCUT2D eigenvalue weighted by Gasteiger charge is -2.24. The highest BCUT2D eigenvalue weighted by molar-refractivity contribution is 9.10. The lowest BCUT2D eigenvalue weighted by Crippen LogP contribution is -2.26. The highest BCUT2D eigenvalue weighted by Gasteiger charge is 2.17. The molecule has 0 aromatic heterocycles. The average Bonchev–Trinajstić information content (AvgIpc) is 2.26. The van der Waals surface area contributed by atoms with Crippen LogP contribution in [-0.2, 0) is 0 Å². The summed E-state index contributed by atoms with van der Waals surface area (Å²) in [5.74, 6) is -0.353. The fourth-order valence-electron chi connectivity index (χ4n) is 1.91. The molecule has 1 saturated heterocycles. The predicted molar refractivity (Wildman–Crippen MR) is 63.7 cm³/mol. The molecule has 1 aromatic rings. The second kappa shape index (κ2) is 4.81. The molecule has 1 nitrogen and oxygen atoms in total. The van der Waals surface area contributed by atoms with Crippen LogP contribution in [0.4, 0.5) is 4.39 Å². The van der Waals surface area contributed by atoms with E-state index >= 15 is 0 Å². The summed E-state index contributed by atoms with van der Waals surface area (Å²) in [7, 11) is 0. The van der Waals surface area contributed by atoms with Gasteiger partial charge in [0.1, 0.15) is 5.82 Å². The quantitative estimate of drug-likeness (QED) is 0.770. The van der Waals surface area contributed by atoms with Crippen molar-refractivity contribution in [2.24, 2.45) is 0 Å². The van der Waals surface area contributed by atoms with E-state index in [0.717, 1.165) is 18.5 Å². The fourth-order valence-corrected chi connectivity index (χ4v) is 2.48. The molecule has 82 valence electrons. The van der Waals surface area contributed by atoms with E-state index in [-0.39, 0.29) is 16.9 Å². The Morgan fingerprint density at radius 3 is 2.80 bits per heavy atom. The lowest BCUT2D eigenvalue weighted by atomic mass is 9.97. The van der Waals surface area contributed by atoms with E-state index in [2.05, 4.69) is 21.2 Å². The van der Waals surface area contributed by atoms with E-state index in [4.69, 9.17) is 11.6 Å². The first-order valence-corrected chi connectivity index (χ1v) is 6.23. The van der Waals surface area contributed by atoms with Gasteiger partial charge < -0.3 is 5.32 Å². The van der Waals surface area contributed by atoms with Gasteiger partial charge in [-0.15, -0.1) is 0 Å². The van der Waals surface area contributed by atoms with Crippen molar-refractivity contribution in [1.29, 1.82) is 0 Å². The summed E-state index contributed by atoms with van der Waals surface area (Å²) in [6, 6.07) is 3.69. The van der Waals surface area contributed by atoms with Gasteiger partial charge in [0, 0.05) is 10.5 Å². The maximum atomic E-state index is 13.4. The van der Waals surface area contributed by atoms with Gasteiger partial charge in [-0.25, -0.2) is 4.39 Å². The highest BCUT2D eigenvalue weighted by atomic mass is 79.9. The summed E-state index contributed by atoms with van der Waals surface area (Å²) in [4.78, 5) is 0. The van der Waals surface area contributed by atoms with Crippen LogP contribution in [0, 0.1) is 5.82 Å². The number of halogens is 3. The third-order valence-corrected chi connectivity index (χ3v) is 3.96. The van der Waals surface area contributed by atoms with Crippen molar-refractivity contribution in [2.75, 3.05) is 6.54 Å². The minimum Gasteiger partial charge on any atom is -0.310 e. The number of nitrogens with one attached hydrogen (secondary N) is 1. The normalized spacial score (nSPS) is 21.7. The van der Waals surface area contributed by atoms with Crippen molar-refractivity contribution in [3.05, 3.63) is 33.0 Å². The first-order chi connectivity index (χ1) is 7.18. The molecule has 1 aliphatic rings. The third kappa shape index (κ3) is 2.52. The number of rotatable bonds is 1. The Bertz CT molecular complexity index is 341. The number of hydrogen-bond acceptors (Lipinski definition) is 1. The van der Waals surface area contributed by atoms with E-state index in [9.17, 15) is 4.39 Å². The van der Waals surface area contributed by atoms with Gasteiger partial charge in [-0.05, 0) is 53.0 Å². The number of benzene rings is 1. The molecule has 1 atom stereocenters. The summed E-state index contributed by atoms with van der Waals surface area (Å²) < 4.78 is 14.0. The maximum absolute atomic E-state index is 13.4. The van der Waals surface area contributed by atoms with Crippen molar-refractivity contribution in [2.45, 2.75) is 25.3 Å². The van der Waals surface area contributed by atoms with Crippen molar-refractivity contribution in [3.8, 4) is 0 Å². The average molecular weight is 293 g/mol. The van der Waals surface area contributed by atoms with Crippen LogP contribution in [0.25, 0.3) is 0 Å². The third-order valence-electron chi connectivity index (χ3n) is 2.72. The van der Waals surface area contributed by atoms with Crippen molar-refractivity contribution < 1.29 is 4.39 Å². The molecule has 0 aliphatic carbocycles. The van der Waals surface area contributed by atoms with Crippen LogP contribution in [-0.4, -0.2) is 6.54 Å². The zero-order valence-corrected chi connectivity index (χ0v) is 10.5. The minimum atomic E-state index is -0.353. The van der Waals surface area contributed by atoms with Crippen molar-refractivity contribution >= 4 is 27.5 Å². The van der Waals surface area contributed by atoms with Crippen LogP contribution in [0.3, 0.4) is 0 Å². The first kappa shape index (κ1) is 11.4. The summed E-state index contributed by atoms with van der Waals surface area (Å²) >= 11 is 9.01. The second-order valence-corrected chi connectivity index (χ2v) is 5.03. The largest absolute Gasteiger partial charge is 0.310 e. The lowest BCUT2D eigenvalue weighted by molar-refractivity contribution is 0.411. The molecule has 1 unspecified atom stereocenters. The van der Waals surface area contributed by atoms with Gasteiger partial charge in [-0.2, -0.15) is 0 Å². The van der Waals surface area contributed by atoms with Crippen LogP contribution in [0.15, 0.2) is 16.6 Å². The Kier molecular flexibility index (Phi) is 3.65.